The molecular formula is C23H18FN. The first kappa shape index (κ1) is 15.5. The molecule has 3 aromatic carbocycles. The molecule has 0 N–H and O–H groups in total. The number of para-hydroxylation sites is 1. The molecule has 25 heavy (non-hydrogen) atoms. The molecule has 0 aliphatic heterocycles. The first-order chi connectivity index (χ1) is 12.3. The Balaban J connectivity index is 1.70. The van der Waals surface area contributed by atoms with Crippen LogP contribution >= 0.6 is 0 Å². The fourth-order valence-corrected chi connectivity index (χ4v) is 3.16. The molecule has 0 atom stereocenters. The summed E-state index contributed by atoms with van der Waals surface area (Å²) < 4.78 is 13.8. The lowest BCUT2D eigenvalue weighted by Gasteiger charge is -2.11. The van der Waals surface area contributed by atoms with Crippen LogP contribution in [0.15, 0.2) is 84.9 Å². The van der Waals surface area contributed by atoms with E-state index in [1.165, 1.54) is 11.6 Å². The third-order valence-corrected chi connectivity index (χ3v) is 4.47. The maximum atomic E-state index is 13.8. The number of aryl methyl sites for hydroxylation is 2. The maximum absolute atomic E-state index is 13.8. The zero-order valence-corrected chi connectivity index (χ0v) is 13.8. The van der Waals surface area contributed by atoms with Crippen LogP contribution in [0.5, 0.6) is 0 Å². The Labute approximate surface area is 146 Å². The smallest absolute Gasteiger partial charge is 0.123 e. The predicted molar refractivity (Wildman–Crippen MR) is 101 cm³/mol. The largest absolute Gasteiger partial charge is 0.248 e. The van der Waals surface area contributed by atoms with Crippen molar-refractivity contribution in [3.05, 3.63) is 102 Å². The monoisotopic (exact) mass is 327 g/mol. The van der Waals surface area contributed by atoms with Crippen molar-refractivity contribution in [2.24, 2.45) is 0 Å². The molecule has 4 aromatic rings. The summed E-state index contributed by atoms with van der Waals surface area (Å²) in [7, 11) is 0. The number of nitrogens with zero attached hydrogens (tertiary/aromatic N) is 1. The van der Waals surface area contributed by atoms with E-state index in [-0.39, 0.29) is 5.82 Å². The van der Waals surface area contributed by atoms with Gasteiger partial charge in [0.1, 0.15) is 5.82 Å². The van der Waals surface area contributed by atoms with Gasteiger partial charge in [-0.25, -0.2) is 9.37 Å². The van der Waals surface area contributed by atoms with E-state index in [1.54, 1.807) is 6.07 Å². The molecule has 1 heterocycles. The summed E-state index contributed by atoms with van der Waals surface area (Å²) in [5, 5.41) is 1.11. The molecule has 0 aliphatic rings. The van der Waals surface area contributed by atoms with Crippen molar-refractivity contribution < 1.29 is 4.39 Å². The summed E-state index contributed by atoms with van der Waals surface area (Å²) in [4.78, 5) is 4.77. The van der Waals surface area contributed by atoms with Crippen molar-refractivity contribution in [2.45, 2.75) is 12.8 Å². The predicted octanol–water partition coefficient (Wildman–Crippen LogP) is 5.83. The van der Waals surface area contributed by atoms with Gasteiger partial charge >= 0.3 is 0 Å². The highest BCUT2D eigenvalue weighted by Crippen LogP contribution is 2.26. The third kappa shape index (κ3) is 3.43. The topological polar surface area (TPSA) is 12.9 Å². The van der Waals surface area contributed by atoms with Crippen molar-refractivity contribution >= 4 is 10.9 Å². The quantitative estimate of drug-likeness (QED) is 0.460. The average Bonchev–Trinajstić information content (AvgIpc) is 2.67. The van der Waals surface area contributed by atoms with E-state index >= 15 is 0 Å². The van der Waals surface area contributed by atoms with E-state index in [9.17, 15) is 4.39 Å². The van der Waals surface area contributed by atoms with Crippen LogP contribution in [0.4, 0.5) is 4.39 Å². The molecule has 0 saturated heterocycles. The van der Waals surface area contributed by atoms with Gasteiger partial charge in [-0.15, -0.1) is 0 Å². The molecule has 0 fully saturated rings. The molecule has 0 bridgehead atoms. The fraction of sp³-hybridized carbons (Fsp3) is 0.0870. The van der Waals surface area contributed by atoms with Gasteiger partial charge in [-0.2, -0.15) is 0 Å². The Hall–Kier alpha value is -3.00. The van der Waals surface area contributed by atoms with Gasteiger partial charge in [0.05, 0.1) is 11.2 Å². The number of pyridine rings is 1. The molecule has 4 rings (SSSR count). The van der Waals surface area contributed by atoms with E-state index in [1.807, 2.05) is 54.6 Å². The second-order valence-electron chi connectivity index (χ2n) is 6.18. The highest BCUT2D eigenvalue weighted by molar-refractivity contribution is 5.81. The van der Waals surface area contributed by atoms with Crippen LogP contribution in [-0.4, -0.2) is 4.98 Å². The Kier molecular flexibility index (Phi) is 4.26. The number of hydrogen-bond donors (Lipinski definition) is 0. The van der Waals surface area contributed by atoms with Crippen LogP contribution in [0.2, 0.25) is 0 Å². The lowest BCUT2D eigenvalue weighted by Crippen LogP contribution is -1.97. The van der Waals surface area contributed by atoms with E-state index in [0.29, 0.717) is 0 Å². The number of benzene rings is 3. The van der Waals surface area contributed by atoms with Gasteiger partial charge in [0, 0.05) is 10.9 Å². The molecule has 0 unspecified atom stereocenters. The summed E-state index contributed by atoms with van der Waals surface area (Å²) in [6.07, 6.45) is 1.66. The summed E-state index contributed by atoms with van der Waals surface area (Å²) in [5.41, 5.74) is 5.10. The Bertz CT molecular complexity index is 1010. The zero-order valence-electron chi connectivity index (χ0n) is 13.8. The third-order valence-electron chi connectivity index (χ3n) is 4.47. The van der Waals surface area contributed by atoms with Crippen LogP contribution in [0, 0.1) is 5.82 Å². The van der Waals surface area contributed by atoms with Crippen molar-refractivity contribution in [1.29, 1.82) is 0 Å². The molecule has 0 saturated carbocycles. The lowest BCUT2D eigenvalue weighted by molar-refractivity contribution is 0.625. The van der Waals surface area contributed by atoms with Crippen molar-refractivity contribution in [2.75, 3.05) is 0 Å². The standard InChI is InChI=1S/C23H18FN/c24-20-13-14-21(19(16-20)11-10-17-6-2-1-3-7-17)23-15-12-18-8-4-5-9-22(18)25-23/h1-9,12-16H,10-11H2. The van der Waals surface area contributed by atoms with Gasteiger partial charge < -0.3 is 0 Å². The van der Waals surface area contributed by atoms with E-state index in [4.69, 9.17) is 4.98 Å². The highest BCUT2D eigenvalue weighted by Gasteiger charge is 2.09. The number of aromatic nitrogens is 1. The van der Waals surface area contributed by atoms with Crippen LogP contribution in [0.3, 0.4) is 0 Å². The van der Waals surface area contributed by atoms with Gasteiger partial charge in [-0.05, 0) is 54.3 Å². The maximum Gasteiger partial charge on any atom is 0.123 e. The molecule has 2 heteroatoms. The summed E-state index contributed by atoms with van der Waals surface area (Å²) in [6, 6.07) is 27.4. The molecule has 1 aromatic heterocycles. The number of fused-ring (bicyclic) bond motifs is 1. The van der Waals surface area contributed by atoms with Gasteiger partial charge in [-0.1, -0.05) is 54.6 Å². The molecular weight excluding hydrogens is 309 g/mol. The molecule has 1 nitrogen and oxygen atoms in total. The van der Waals surface area contributed by atoms with Crippen LogP contribution < -0.4 is 0 Å². The lowest BCUT2D eigenvalue weighted by atomic mass is 9.97. The second kappa shape index (κ2) is 6.86. The number of halogens is 1. The Morgan fingerprint density at radius 3 is 2.40 bits per heavy atom. The van der Waals surface area contributed by atoms with E-state index in [0.717, 1.165) is 40.6 Å². The van der Waals surface area contributed by atoms with Gasteiger partial charge in [0.15, 0.2) is 0 Å². The summed E-state index contributed by atoms with van der Waals surface area (Å²) in [5.74, 6) is -0.201. The van der Waals surface area contributed by atoms with E-state index < -0.39 is 0 Å². The highest BCUT2D eigenvalue weighted by atomic mass is 19.1. The average molecular weight is 327 g/mol. The van der Waals surface area contributed by atoms with Crippen molar-refractivity contribution in [3.8, 4) is 11.3 Å². The molecule has 0 aliphatic carbocycles. The number of hydrogen-bond acceptors (Lipinski definition) is 1. The van der Waals surface area contributed by atoms with Crippen LogP contribution in [-0.2, 0) is 12.8 Å². The van der Waals surface area contributed by atoms with E-state index in [2.05, 4.69) is 18.2 Å². The first-order valence-corrected chi connectivity index (χ1v) is 8.48. The zero-order chi connectivity index (χ0) is 17.1. The second-order valence-corrected chi connectivity index (χ2v) is 6.18. The molecule has 0 spiro atoms. The SMILES string of the molecule is Fc1ccc(-c2ccc3ccccc3n2)c(CCc2ccccc2)c1. The van der Waals surface area contributed by atoms with Crippen molar-refractivity contribution in [3.63, 3.8) is 0 Å². The van der Waals surface area contributed by atoms with Gasteiger partial charge in [0.25, 0.3) is 0 Å². The first-order valence-electron chi connectivity index (χ1n) is 8.48. The summed E-state index contributed by atoms with van der Waals surface area (Å²) >= 11 is 0. The molecule has 0 radical (unpaired) electrons. The van der Waals surface area contributed by atoms with Crippen LogP contribution in [0.25, 0.3) is 22.2 Å². The minimum Gasteiger partial charge on any atom is -0.248 e. The van der Waals surface area contributed by atoms with Crippen LogP contribution in [0.1, 0.15) is 11.1 Å². The Morgan fingerprint density at radius 1 is 0.720 bits per heavy atom. The minimum atomic E-state index is -0.201. The normalized spacial score (nSPS) is 10.9. The minimum absolute atomic E-state index is 0.201. The molecule has 0 amide bonds. The Morgan fingerprint density at radius 2 is 1.52 bits per heavy atom. The number of rotatable bonds is 4. The van der Waals surface area contributed by atoms with Gasteiger partial charge in [-0.3, -0.25) is 0 Å². The summed E-state index contributed by atoms with van der Waals surface area (Å²) in [6.45, 7) is 0. The molecule has 122 valence electrons. The van der Waals surface area contributed by atoms with Gasteiger partial charge in [0.2, 0.25) is 0 Å². The van der Waals surface area contributed by atoms with Crippen molar-refractivity contribution in [1.82, 2.24) is 4.98 Å². The fourth-order valence-electron chi connectivity index (χ4n) is 3.16.